The lowest BCUT2D eigenvalue weighted by molar-refractivity contribution is -0.0247. The van der Waals surface area contributed by atoms with Crippen molar-refractivity contribution < 1.29 is 9.53 Å². The van der Waals surface area contributed by atoms with Crippen molar-refractivity contribution in [3.05, 3.63) is 64.3 Å². The molecule has 0 bridgehead atoms. The quantitative estimate of drug-likeness (QED) is 0.921. The number of ether oxygens (including phenoxy) is 1. The summed E-state index contributed by atoms with van der Waals surface area (Å²) in [5.74, 6) is 0.0354. The Balaban J connectivity index is 1.58. The lowest BCUT2D eigenvalue weighted by Gasteiger charge is -2.33. The minimum absolute atomic E-state index is 0.0301. The maximum absolute atomic E-state index is 12.5. The molecule has 1 atom stereocenters. The second kappa shape index (κ2) is 7.19. The van der Waals surface area contributed by atoms with E-state index in [-0.39, 0.29) is 17.6 Å². The molecule has 23 heavy (non-hydrogen) atoms. The molecule has 1 saturated heterocycles. The van der Waals surface area contributed by atoms with Crippen molar-refractivity contribution in [2.24, 2.45) is 0 Å². The number of rotatable bonds is 4. The monoisotopic (exact) mass is 313 g/mol. The zero-order valence-corrected chi connectivity index (χ0v) is 12.8. The molecule has 6 nitrogen and oxygen atoms in total. The number of aryl methyl sites for hydroxylation is 1. The van der Waals surface area contributed by atoms with Gasteiger partial charge in [-0.3, -0.25) is 9.59 Å². The number of hydrogen-bond donors (Lipinski definition) is 1. The summed E-state index contributed by atoms with van der Waals surface area (Å²) < 4.78 is 5.74. The second-order valence-electron chi connectivity index (χ2n) is 5.55. The highest BCUT2D eigenvalue weighted by molar-refractivity contribution is 5.94. The van der Waals surface area contributed by atoms with Crippen molar-refractivity contribution in [3.63, 3.8) is 0 Å². The Kier molecular flexibility index (Phi) is 4.83. The van der Waals surface area contributed by atoms with E-state index in [0.29, 0.717) is 31.7 Å². The summed E-state index contributed by atoms with van der Waals surface area (Å²) >= 11 is 0. The van der Waals surface area contributed by atoms with Crippen LogP contribution in [0.1, 0.15) is 22.5 Å². The van der Waals surface area contributed by atoms with Crippen molar-refractivity contribution in [3.8, 4) is 0 Å². The van der Waals surface area contributed by atoms with Gasteiger partial charge in [0.25, 0.3) is 11.5 Å². The average molecular weight is 313 g/mol. The summed E-state index contributed by atoms with van der Waals surface area (Å²) in [6.07, 6.45) is 2.76. The Morgan fingerprint density at radius 1 is 1.35 bits per heavy atom. The van der Waals surface area contributed by atoms with E-state index in [2.05, 4.69) is 9.97 Å². The molecular formula is C17H19N3O3. The average Bonchev–Trinajstić information content (AvgIpc) is 2.60. The minimum atomic E-state index is -0.152. The van der Waals surface area contributed by atoms with Crippen molar-refractivity contribution in [2.75, 3.05) is 19.7 Å². The second-order valence-corrected chi connectivity index (χ2v) is 5.55. The Labute approximate surface area is 134 Å². The van der Waals surface area contributed by atoms with Crippen LogP contribution in [0.3, 0.4) is 0 Å². The number of carbonyl (C=O) groups is 1. The van der Waals surface area contributed by atoms with Gasteiger partial charge in [-0.05, 0) is 25.0 Å². The van der Waals surface area contributed by atoms with Crippen LogP contribution in [0.5, 0.6) is 0 Å². The van der Waals surface area contributed by atoms with Crippen LogP contribution in [0, 0.1) is 0 Å². The van der Waals surface area contributed by atoms with E-state index >= 15 is 0 Å². The molecule has 0 saturated carbocycles. The Bertz CT molecular complexity index is 714. The number of carbonyl (C=O) groups excluding carboxylic acids is 1. The lowest BCUT2D eigenvalue weighted by atomic mass is 10.1. The van der Waals surface area contributed by atoms with Gasteiger partial charge in [-0.15, -0.1) is 0 Å². The summed E-state index contributed by atoms with van der Waals surface area (Å²) in [6.45, 7) is 1.70. The SMILES string of the molecule is O=C(c1ccccc1)N1CCO[C@@H](CCc2cc(=O)[nH]cn2)C1. The van der Waals surface area contributed by atoms with Gasteiger partial charge in [-0.2, -0.15) is 0 Å². The first-order valence-corrected chi connectivity index (χ1v) is 7.72. The summed E-state index contributed by atoms with van der Waals surface area (Å²) in [6, 6.07) is 10.8. The number of aromatic nitrogens is 2. The van der Waals surface area contributed by atoms with Crippen LogP contribution in [0.2, 0.25) is 0 Å². The third-order valence-corrected chi connectivity index (χ3v) is 3.90. The number of benzene rings is 1. The highest BCUT2D eigenvalue weighted by atomic mass is 16.5. The molecule has 0 aliphatic carbocycles. The van der Waals surface area contributed by atoms with Crippen molar-refractivity contribution in [1.82, 2.24) is 14.9 Å². The normalized spacial score (nSPS) is 17.9. The third-order valence-electron chi connectivity index (χ3n) is 3.90. The first-order valence-electron chi connectivity index (χ1n) is 7.72. The molecule has 6 heteroatoms. The molecule has 1 aromatic heterocycles. The molecular weight excluding hydrogens is 294 g/mol. The van der Waals surface area contributed by atoms with Crippen LogP contribution in [-0.2, 0) is 11.2 Å². The fraction of sp³-hybridized carbons (Fsp3) is 0.353. The van der Waals surface area contributed by atoms with E-state index in [1.165, 1.54) is 12.4 Å². The molecule has 1 aliphatic rings. The molecule has 1 aromatic carbocycles. The first-order chi connectivity index (χ1) is 11.2. The Morgan fingerprint density at radius 2 is 2.17 bits per heavy atom. The van der Waals surface area contributed by atoms with Gasteiger partial charge in [0.05, 0.1) is 19.0 Å². The van der Waals surface area contributed by atoms with Crippen molar-refractivity contribution >= 4 is 5.91 Å². The van der Waals surface area contributed by atoms with E-state index in [4.69, 9.17) is 4.74 Å². The van der Waals surface area contributed by atoms with E-state index in [0.717, 1.165) is 12.1 Å². The summed E-state index contributed by atoms with van der Waals surface area (Å²) in [5, 5.41) is 0. The van der Waals surface area contributed by atoms with Crippen molar-refractivity contribution in [2.45, 2.75) is 18.9 Å². The first kappa shape index (κ1) is 15.4. The standard InChI is InChI=1S/C17H19N3O3/c21-16-10-14(18-12-19-16)6-7-15-11-20(8-9-23-15)17(22)13-4-2-1-3-5-13/h1-5,10,12,15H,6-9,11H2,(H,18,19,21)/t15-/m0/s1. The summed E-state index contributed by atoms with van der Waals surface area (Å²) in [7, 11) is 0. The van der Waals surface area contributed by atoms with Gasteiger partial charge in [0, 0.05) is 30.4 Å². The van der Waals surface area contributed by atoms with Gasteiger partial charge in [0.15, 0.2) is 0 Å². The summed E-state index contributed by atoms with van der Waals surface area (Å²) in [4.78, 5) is 32.2. The number of amides is 1. The molecule has 1 aliphatic heterocycles. The number of H-pyrrole nitrogens is 1. The van der Waals surface area contributed by atoms with Crippen LogP contribution in [0.4, 0.5) is 0 Å². The van der Waals surface area contributed by atoms with E-state index in [1.54, 1.807) is 0 Å². The van der Waals surface area contributed by atoms with E-state index in [9.17, 15) is 9.59 Å². The van der Waals surface area contributed by atoms with Crippen LogP contribution in [0.15, 0.2) is 47.5 Å². The molecule has 1 N–H and O–H groups in total. The Hall–Kier alpha value is -2.47. The predicted octanol–water partition coefficient (Wildman–Crippen LogP) is 1.24. The van der Waals surface area contributed by atoms with E-state index in [1.807, 2.05) is 35.2 Å². The third kappa shape index (κ3) is 4.04. The molecule has 0 unspecified atom stereocenters. The van der Waals surface area contributed by atoms with Gasteiger partial charge in [-0.25, -0.2) is 4.98 Å². The minimum Gasteiger partial charge on any atom is -0.375 e. The Morgan fingerprint density at radius 3 is 2.96 bits per heavy atom. The van der Waals surface area contributed by atoms with Crippen LogP contribution in [0.25, 0.3) is 0 Å². The van der Waals surface area contributed by atoms with Crippen LogP contribution < -0.4 is 5.56 Å². The smallest absolute Gasteiger partial charge is 0.254 e. The fourth-order valence-electron chi connectivity index (χ4n) is 2.70. The van der Waals surface area contributed by atoms with Gasteiger partial charge in [0.1, 0.15) is 0 Å². The molecule has 2 aromatic rings. The van der Waals surface area contributed by atoms with Gasteiger partial charge in [0.2, 0.25) is 0 Å². The number of morpholine rings is 1. The van der Waals surface area contributed by atoms with E-state index < -0.39 is 0 Å². The highest BCUT2D eigenvalue weighted by Gasteiger charge is 2.24. The molecule has 0 spiro atoms. The fourth-order valence-corrected chi connectivity index (χ4v) is 2.70. The molecule has 1 fully saturated rings. The topological polar surface area (TPSA) is 75.3 Å². The predicted molar refractivity (Wildman–Crippen MR) is 85.3 cm³/mol. The zero-order valence-electron chi connectivity index (χ0n) is 12.8. The lowest BCUT2D eigenvalue weighted by Crippen LogP contribution is -2.45. The summed E-state index contributed by atoms with van der Waals surface area (Å²) in [5.41, 5.74) is 1.29. The molecule has 2 heterocycles. The van der Waals surface area contributed by atoms with Crippen molar-refractivity contribution in [1.29, 1.82) is 0 Å². The molecule has 120 valence electrons. The number of hydrogen-bond acceptors (Lipinski definition) is 4. The largest absolute Gasteiger partial charge is 0.375 e. The van der Waals surface area contributed by atoms with Gasteiger partial charge in [-0.1, -0.05) is 18.2 Å². The maximum Gasteiger partial charge on any atom is 0.254 e. The van der Waals surface area contributed by atoms with Gasteiger partial charge < -0.3 is 14.6 Å². The number of nitrogens with zero attached hydrogens (tertiary/aromatic N) is 2. The molecule has 1 amide bonds. The van der Waals surface area contributed by atoms with Gasteiger partial charge >= 0.3 is 0 Å². The molecule has 3 rings (SSSR count). The van der Waals surface area contributed by atoms with Crippen LogP contribution >= 0.6 is 0 Å². The maximum atomic E-state index is 12.5. The number of nitrogens with one attached hydrogen (secondary N) is 1. The molecule has 0 radical (unpaired) electrons. The highest BCUT2D eigenvalue weighted by Crippen LogP contribution is 2.14. The number of aromatic amines is 1. The van der Waals surface area contributed by atoms with Crippen LogP contribution in [-0.4, -0.2) is 46.6 Å². The zero-order chi connectivity index (χ0) is 16.1.